The van der Waals surface area contributed by atoms with Gasteiger partial charge in [-0.2, -0.15) is 13.2 Å². The maximum absolute atomic E-state index is 13.2. The van der Waals surface area contributed by atoms with E-state index in [-0.39, 0.29) is 23.9 Å². The van der Waals surface area contributed by atoms with E-state index in [1.165, 1.54) is 23.1 Å². The highest BCUT2D eigenvalue weighted by Gasteiger charge is 2.37. The summed E-state index contributed by atoms with van der Waals surface area (Å²) in [7, 11) is 0. The van der Waals surface area contributed by atoms with Crippen LogP contribution in [-0.4, -0.2) is 45.2 Å². The summed E-state index contributed by atoms with van der Waals surface area (Å²) in [6, 6.07) is 4.97. The number of halogens is 4. The van der Waals surface area contributed by atoms with Crippen molar-refractivity contribution in [2.24, 2.45) is 0 Å². The summed E-state index contributed by atoms with van der Waals surface area (Å²) in [6.07, 6.45) is -3.20. The highest BCUT2D eigenvalue weighted by molar-refractivity contribution is 5.96. The number of alkyl halides is 3. The largest absolute Gasteiger partial charge is 0.417 e. The third-order valence-corrected chi connectivity index (χ3v) is 5.26. The van der Waals surface area contributed by atoms with Gasteiger partial charge < -0.3 is 14.8 Å². The van der Waals surface area contributed by atoms with Crippen molar-refractivity contribution < 1.29 is 18.0 Å². The van der Waals surface area contributed by atoms with Gasteiger partial charge in [-0.1, -0.05) is 12.1 Å². The molecule has 1 aromatic carbocycles. The van der Waals surface area contributed by atoms with Crippen LogP contribution in [0.25, 0.3) is 0 Å². The molecule has 152 valence electrons. The van der Waals surface area contributed by atoms with Crippen molar-refractivity contribution in [3.05, 3.63) is 47.0 Å². The van der Waals surface area contributed by atoms with Gasteiger partial charge in [0.05, 0.1) is 17.7 Å². The predicted octanol–water partition coefficient (Wildman–Crippen LogP) is 2.84. The number of hydrogen-bond donors (Lipinski definition) is 1. The molecule has 2 aliphatic heterocycles. The monoisotopic (exact) mass is 415 g/mol. The van der Waals surface area contributed by atoms with Gasteiger partial charge in [0.15, 0.2) is 0 Å². The van der Waals surface area contributed by atoms with Crippen molar-refractivity contribution in [3.63, 3.8) is 0 Å². The summed E-state index contributed by atoms with van der Waals surface area (Å²) >= 11 is 0. The Bertz CT molecular complexity index is 846. The molecule has 1 amide bonds. The minimum absolute atomic E-state index is 0. The molecule has 0 radical (unpaired) electrons. The molecule has 1 N–H and O–H groups in total. The van der Waals surface area contributed by atoms with Gasteiger partial charge in [0.25, 0.3) is 5.91 Å². The zero-order chi connectivity index (χ0) is 19.0. The third kappa shape index (κ3) is 3.86. The number of rotatable bonds is 2. The van der Waals surface area contributed by atoms with Crippen LogP contribution in [0.4, 0.5) is 13.2 Å². The lowest BCUT2D eigenvalue weighted by molar-refractivity contribution is -0.138. The lowest BCUT2D eigenvalue weighted by atomic mass is 9.94. The van der Waals surface area contributed by atoms with E-state index in [0.717, 1.165) is 30.8 Å². The van der Waals surface area contributed by atoms with Crippen LogP contribution in [0, 0.1) is 0 Å². The van der Waals surface area contributed by atoms with Gasteiger partial charge in [-0.25, -0.2) is 0 Å². The molecule has 1 aromatic heterocycles. The number of likely N-dealkylation sites (tertiary alicyclic amines) is 1. The fourth-order valence-electron chi connectivity index (χ4n) is 3.84. The molecular weight excluding hydrogens is 395 g/mol. The average molecular weight is 416 g/mol. The lowest BCUT2D eigenvalue weighted by Gasteiger charge is -2.32. The quantitative estimate of drug-likeness (QED) is 0.819. The average Bonchev–Trinajstić information content (AvgIpc) is 3.11. The Morgan fingerprint density at radius 1 is 1.11 bits per heavy atom. The van der Waals surface area contributed by atoms with Crippen LogP contribution in [0.2, 0.25) is 0 Å². The maximum Gasteiger partial charge on any atom is 0.417 e. The maximum atomic E-state index is 13.2. The third-order valence-electron chi connectivity index (χ3n) is 5.26. The second-order valence-electron chi connectivity index (χ2n) is 6.91. The van der Waals surface area contributed by atoms with E-state index in [4.69, 9.17) is 0 Å². The molecule has 0 bridgehead atoms. The van der Waals surface area contributed by atoms with Crippen molar-refractivity contribution in [1.82, 2.24) is 25.0 Å². The first-order chi connectivity index (χ1) is 12.9. The number of nitrogens with zero attached hydrogens (tertiary/aromatic N) is 4. The Kier molecular flexibility index (Phi) is 5.95. The van der Waals surface area contributed by atoms with Crippen molar-refractivity contribution in [2.75, 3.05) is 19.6 Å². The van der Waals surface area contributed by atoms with Gasteiger partial charge in [0, 0.05) is 32.1 Å². The SMILES string of the molecule is Cl.O=C(c1ccccc1C(F)(F)F)N1CCC(c2nnc3n2CCNC3)CC1. The number of benzene rings is 1. The van der Waals surface area contributed by atoms with Crippen LogP contribution in [-0.2, 0) is 19.3 Å². The number of piperidine rings is 1. The van der Waals surface area contributed by atoms with E-state index in [9.17, 15) is 18.0 Å². The van der Waals surface area contributed by atoms with E-state index in [2.05, 4.69) is 20.1 Å². The molecule has 0 atom stereocenters. The van der Waals surface area contributed by atoms with Crippen molar-refractivity contribution >= 4 is 18.3 Å². The Morgan fingerprint density at radius 2 is 1.82 bits per heavy atom. The predicted molar refractivity (Wildman–Crippen MR) is 98.3 cm³/mol. The summed E-state index contributed by atoms with van der Waals surface area (Å²) < 4.78 is 41.7. The minimum Gasteiger partial charge on any atom is -0.339 e. The van der Waals surface area contributed by atoms with Crippen molar-refractivity contribution in [3.8, 4) is 0 Å². The molecule has 2 aliphatic rings. The van der Waals surface area contributed by atoms with Gasteiger partial charge in [0.2, 0.25) is 0 Å². The van der Waals surface area contributed by atoms with Crippen molar-refractivity contribution in [2.45, 2.75) is 38.0 Å². The van der Waals surface area contributed by atoms with Crippen LogP contribution in [0.15, 0.2) is 24.3 Å². The first-order valence-electron chi connectivity index (χ1n) is 9.03. The first kappa shape index (κ1) is 20.6. The first-order valence-corrected chi connectivity index (χ1v) is 9.03. The smallest absolute Gasteiger partial charge is 0.339 e. The van der Waals surface area contributed by atoms with E-state index in [1.54, 1.807) is 0 Å². The van der Waals surface area contributed by atoms with Gasteiger partial charge in [-0.15, -0.1) is 22.6 Å². The van der Waals surface area contributed by atoms with Gasteiger partial charge in [-0.3, -0.25) is 4.79 Å². The molecule has 2 aromatic rings. The molecule has 4 rings (SSSR count). The Labute approximate surface area is 166 Å². The van der Waals surface area contributed by atoms with Crippen LogP contribution in [0.1, 0.15) is 46.3 Å². The number of nitrogens with one attached hydrogen (secondary N) is 1. The topological polar surface area (TPSA) is 63.1 Å². The fraction of sp³-hybridized carbons (Fsp3) is 0.500. The number of carbonyl (C=O) groups excluding carboxylic acids is 1. The van der Waals surface area contributed by atoms with E-state index in [0.29, 0.717) is 32.5 Å². The zero-order valence-electron chi connectivity index (χ0n) is 15.1. The highest BCUT2D eigenvalue weighted by Crippen LogP contribution is 2.34. The summed E-state index contributed by atoms with van der Waals surface area (Å²) in [5.74, 6) is 1.45. The normalized spacial score (nSPS) is 17.8. The molecule has 6 nitrogen and oxygen atoms in total. The molecule has 10 heteroatoms. The molecule has 1 fully saturated rings. The van der Waals surface area contributed by atoms with Crippen molar-refractivity contribution in [1.29, 1.82) is 0 Å². The second-order valence-corrected chi connectivity index (χ2v) is 6.91. The van der Waals surface area contributed by atoms with Gasteiger partial charge >= 0.3 is 6.18 Å². The molecular formula is C18H21ClF3N5O. The van der Waals surface area contributed by atoms with Crippen LogP contribution in [0.5, 0.6) is 0 Å². The van der Waals surface area contributed by atoms with E-state index < -0.39 is 17.6 Å². The Hall–Kier alpha value is -2.13. The van der Waals surface area contributed by atoms with Gasteiger partial charge in [0.1, 0.15) is 11.6 Å². The second kappa shape index (κ2) is 8.08. The van der Waals surface area contributed by atoms with Crippen LogP contribution < -0.4 is 5.32 Å². The number of amides is 1. The Balaban J connectivity index is 0.00000225. The van der Waals surface area contributed by atoms with Gasteiger partial charge in [-0.05, 0) is 25.0 Å². The fourth-order valence-corrected chi connectivity index (χ4v) is 3.84. The summed E-state index contributed by atoms with van der Waals surface area (Å²) in [5.41, 5.74) is -1.16. The summed E-state index contributed by atoms with van der Waals surface area (Å²) in [5, 5.41) is 11.8. The minimum atomic E-state index is -4.54. The number of hydrogen-bond acceptors (Lipinski definition) is 4. The molecule has 0 unspecified atom stereocenters. The number of carbonyl (C=O) groups is 1. The summed E-state index contributed by atoms with van der Waals surface area (Å²) in [6.45, 7) is 3.20. The standard InChI is InChI=1S/C18H20F3N5O.ClH/c19-18(20,21)14-4-2-1-3-13(14)17(27)25-8-5-12(6-9-25)16-24-23-15-11-22-7-10-26(15)16;/h1-4,12,22H,5-11H2;1H. The molecule has 1 saturated heterocycles. The highest BCUT2D eigenvalue weighted by atomic mass is 35.5. The summed E-state index contributed by atoms with van der Waals surface area (Å²) in [4.78, 5) is 14.2. The molecule has 0 aliphatic carbocycles. The lowest BCUT2D eigenvalue weighted by Crippen LogP contribution is -2.39. The number of fused-ring (bicyclic) bond motifs is 1. The number of aromatic nitrogens is 3. The molecule has 3 heterocycles. The van der Waals surface area contributed by atoms with E-state index >= 15 is 0 Å². The molecule has 0 spiro atoms. The van der Waals surface area contributed by atoms with Crippen LogP contribution >= 0.6 is 12.4 Å². The Morgan fingerprint density at radius 3 is 2.54 bits per heavy atom. The van der Waals surface area contributed by atoms with E-state index in [1.807, 2.05) is 0 Å². The molecule has 0 saturated carbocycles. The van der Waals surface area contributed by atoms with Crippen LogP contribution in [0.3, 0.4) is 0 Å². The zero-order valence-corrected chi connectivity index (χ0v) is 15.9. The molecule has 28 heavy (non-hydrogen) atoms.